The van der Waals surface area contributed by atoms with Gasteiger partial charge < -0.3 is 4.90 Å². The van der Waals surface area contributed by atoms with Crippen LogP contribution in [-0.4, -0.2) is 33.6 Å². The minimum Gasteiger partial charge on any atom is -0.335 e. The van der Waals surface area contributed by atoms with Gasteiger partial charge in [-0.25, -0.2) is 0 Å². The molecule has 0 spiro atoms. The number of fused-ring (bicyclic) bond motifs is 1. The van der Waals surface area contributed by atoms with Crippen molar-refractivity contribution in [3.05, 3.63) is 30.0 Å². The smallest absolute Gasteiger partial charge is 0.254 e. The number of nitrogens with one attached hydrogen (secondary N) is 1. The number of hydrogen-bond acceptors (Lipinski definition) is 2. The molecule has 0 saturated carbocycles. The molecule has 2 heterocycles. The van der Waals surface area contributed by atoms with Gasteiger partial charge >= 0.3 is 0 Å². The summed E-state index contributed by atoms with van der Waals surface area (Å²) in [6.07, 6.45) is 4.01. The standard InChI is InChI=1S/C15H19N3O/c1-10(2)14-4-3-7-18(14)15(19)11-5-6-12-9-16-17-13(12)8-11/h5-6,8-10,14H,3-4,7H2,1-2H3,(H,16,17). The van der Waals surface area contributed by atoms with Gasteiger partial charge in [-0.05, 0) is 30.9 Å². The Labute approximate surface area is 112 Å². The maximum atomic E-state index is 12.6. The van der Waals surface area contributed by atoms with Crippen LogP contribution in [-0.2, 0) is 0 Å². The summed E-state index contributed by atoms with van der Waals surface area (Å²) in [5.74, 6) is 0.662. The van der Waals surface area contributed by atoms with E-state index < -0.39 is 0 Å². The third kappa shape index (κ3) is 2.11. The fraction of sp³-hybridized carbons (Fsp3) is 0.467. The number of amides is 1. The molecule has 1 aromatic carbocycles. The molecular weight excluding hydrogens is 238 g/mol. The Morgan fingerprint density at radius 1 is 1.47 bits per heavy atom. The molecule has 1 unspecified atom stereocenters. The highest BCUT2D eigenvalue weighted by Gasteiger charge is 2.31. The normalized spacial score (nSPS) is 19.5. The van der Waals surface area contributed by atoms with Gasteiger partial charge in [0.15, 0.2) is 0 Å². The SMILES string of the molecule is CC(C)C1CCCN1C(=O)c1ccc2cn[nH]c2c1. The van der Waals surface area contributed by atoms with Crippen molar-refractivity contribution in [1.82, 2.24) is 15.1 Å². The number of carbonyl (C=O) groups excluding carboxylic acids is 1. The second kappa shape index (κ2) is 4.68. The lowest BCUT2D eigenvalue weighted by atomic mass is 10.0. The number of aromatic nitrogens is 2. The maximum Gasteiger partial charge on any atom is 0.254 e. The van der Waals surface area contributed by atoms with Gasteiger partial charge in [0.2, 0.25) is 0 Å². The number of nitrogens with zero attached hydrogens (tertiary/aromatic N) is 2. The summed E-state index contributed by atoms with van der Waals surface area (Å²) >= 11 is 0. The van der Waals surface area contributed by atoms with E-state index in [1.165, 1.54) is 0 Å². The van der Waals surface area contributed by atoms with E-state index in [1.807, 2.05) is 23.1 Å². The summed E-state index contributed by atoms with van der Waals surface area (Å²) < 4.78 is 0. The predicted octanol–water partition coefficient (Wildman–Crippen LogP) is 2.82. The molecule has 1 aromatic heterocycles. The molecule has 1 amide bonds. The highest BCUT2D eigenvalue weighted by atomic mass is 16.2. The number of H-pyrrole nitrogens is 1. The molecule has 2 aromatic rings. The number of rotatable bonds is 2. The first kappa shape index (κ1) is 12.2. The Balaban J connectivity index is 1.90. The molecule has 1 N–H and O–H groups in total. The molecule has 3 rings (SSSR count). The molecule has 4 nitrogen and oxygen atoms in total. The first-order valence-electron chi connectivity index (χ1n) is 6.91. The van der Waals surface area contributed by atoms with E-state index in [0.29, 0.717) is 12.0 Å². The van der Waals surface area contributed by atoms with Gasteiger partial charge in [0, 0.05) is 23.5 Å². The fourth-order valence-corrected chi connectivity index (χ4v) is 2.97. The van der Waals surface area contributed by atoms with Crippen LogP contribution in [0.15, 0.2) is 24.4 Å². The molecule has 0 radical (unpaired) electrons. The summed E-state index contributed by atoms with van der Waals surface area (Å²) in [5, 5.41) is 7.95. The van der Waals surface area contributed by atoms with Crippen LogP contribution in [0, 0.1) is 5.92 Å². The Morgan fingerprint density at radius 3 is 3.11 bits per heavy atom. The summed E-state index contributed by atoms with van der Waals surface area (Å²) in [5.41, 5.74) is 1.68. The van der Waals surface area contributed by atoms with Crippen molar-refractivity contribution in [3.8, 4) is 0 Å². The topological polar surface area (TPSA) is 49.0 Å². The van der Waals surface area contributed by atoms with E-state index in [9.17, 15) is 4.79 Å². The van der Waals surface area contributed by atoms with E-state index in [4.69, 9.17) is 0 Å². The largest absolute Gasteiger partial charge is 0.335 e. The van der Waals surface area contributed by atoms with Crippen LogP contribution in [0.3, 0.4) is 0 Å². The number of carbonyl (C=O) groups is 1. The van der Waals surface area contributed by atoms with Crippen LogP contribution in [0.4, 0.5) is 0 Å². The monoisotopic (exact) mass is 257 g/mol. The van der Waals surface area contributed by atoms with E-state index in [1.54, 1.807) is 6.20 Å². The van der Waals surface area contributed by atoms with Crippen molar-refractivity contribution in [2.45, 2.75) is 32.7 Å². The fourth-order valence-electron chi connectivity index (χ4n) is 2.97. The lowest BCUT2D eigenvalue weighted by molar-refractivity contribution is 0.0701. The van der Waals surface area contributed by atoms with Gasteiger partial charge in [-0.3, -0.25) is 9.89 Å². The highest BCUT2D eigenvalue weighted by molar-refractivity contribution is 5.98. The van der Waals surface area contributed by atoms with Gasteiger partial charge in [-0.1, -0.05) is 19.9 Å². The molecule has 1 fully saturated rings. The minimum absolute atomic E-state index is 0.146. The second-order valence-electron chi connectivity index (χ2n) is 5.62. The zero-order valence-corrected chi connectivity index (χ0v) is 11.4. The number of likely N-dealkylation sites (tertiary alicyclic amines) is 1. The van der Waals surface area contributed by atoms with Crippen LogP contribution in [0.5, 0.6) is 0 Å². The summed E-state index contributed by atoms with van der Waals surface area (Å²) in [6, 6.07) is 6.13. The van der Waals surface area contributed by atoms with Crippen molar-refractivity contribution in [2.24, 2.45) is 5.92 Å². The molecular formula is C15H19N3O. The van der Waals surface area contributed by atoms with E-state index >= 15 is 0 Å². The maximum absolute atomic E-state index is 12.6. The van der Waals surface area contributed by atoms with Crippen molar-refractivity contribution in [3.63, 3.8) is 0 Å². The molecule has 1 atom stereocenters. The van der Waals surface area contributed by atoms with Gasteiger partial charge in [0.1, 0.15) is 0 Å². The van der Waals surface area contributed by atoms with Crippen molar-refractivity contribution in [2.75, 3.05) is 6.54 Å². The lowest BCUT2D eigenvalue weighted by Crippen LogP contribution is -2.38. The van der Waals surface area contributed by atoms with Gasteiger partial charge in [0.25, 0.3) is 5.91 Å². The van der Waals surface area contributed by atoms with Gasteiger partial charge in [-0.2, -0.15) is 5.10 Å². The summed E-state index contributed by atoms with van der Waals surface area (Å²) in [6.45, 7) is 5.26. The average Bonchev–Trinajstić information content (AvgIpc) is 3.05. The molecule has 100 valence electrons. The minimum atomic E-state index is 0.146. The highest BCUT2D eigenvalue weighted by Crippen LogP contribution is 2.26. The van der Waals surface area contributed by atoms with Crippen molar-refractivity contribution in [1.29, 1.82) is 0 Å². The quantitative estimate of drug-likeness (QED) is 0.899. The van der Waals surface area contributed by atoms with Crippen LogP contribution >= 0.6 is 0 Å². The molecule has 1 aliphatic rings. The Morgan fingerprint density at radius 2 is 2.32 bits per heavy atom. The molecule has 19 heavy (non-hydrogen) atoms. The third-order valence-electron chi connectivity index (χ3n) is 4.02. The first-order chi connectivity index (χ1) is 9.16. The van der Waals surface area contributed by atoms with E-state index in [2.05, 4.69) is 24.0 Å². The molecule has 1 aliphatic heterocycles. The second-order valence-corrected chi connectivity index (χ2v) is 5.62. The van der Waals surface area contributed by atoms with Crippen molar-refractivity contribution < 1.29 is 4.79 Å². The zero-order chi connectivity index (χ0) is 13.4. The third-order valence-corrected chi connectivity index (χ3v) is 4.02. The number of aromatic amines is 1. The predicted molar refractivity (Wildman–Crippen MR) is 75.0 cm³/mol. The Hall–Kier alpha value is -1.84. The van der Waals surface area contributed by atoms with E-state index in [0.717, 1.165) is 35.9 Å². The first-order valence-corrected chi connectivity index (χ1v) is 6.91. The number of hydrogen-bond donors (Lipinski definition) is 1. The molecule has 4 heteroatoms. The Bertz CT molecular complexity index is 602. The lowest BCUT2D eigenvalue weighted by Gasteiger charge is -2.27. The van der Waals surface area contributed by atoms with Gasteiger partial charge in [-0.15, -0.1) is 0 Å². The molecule has 0 aliphatic carbocycles. The zero-order valence-electron chi connectivity index (χ0n) is 11.4. The average molecular weight is 257 g/mol. The van der Waals surface area contributed by atoms with Crippen LogP contribution in [0.25, 0.3) is 10.9 Å². The van der Waals surface area contributed by atoms with Crippen LogP contribution < -0.4 is 0 Å². The van der Waals surface area contributed by atoms with Crippen molar-refractivity contribution >= 4 is 16.8 Å². The van der Waals surface area contributed by atoms with Crippen LogP contribution in [0.2, 0.25) is 0 Å². The summed E-state index contributed by atoms with van der Waals surface area (Å²) in [7, 11) is 0. The molecule has 1 saturated heterocycles. The number of benzene rings is 1. The molecule has 0 bridgehead atoms. The van der Waals surface area contributed by atoms with E-state index in [-0.39, 0.29) is 5.91 Å². The van der Waals surface area contributed by atoms with Gasteiger partial charge in [0.05, 0.1) is 11.7 Å². The summed E-state index contributed by atoms with van der Waals surface area (Å²) in [4.78, 5) is 14.6. The van der Waals surface area contributed by atoms with Crippen LogP contribution in [0.1, 0.15) is 37.0 Å². The Kier molecular flexibility index (Phi) is 3.01.